The van der Waals surface area contributed by atoms with E-state index in [9.17, 15) is 0 Å². The predicted octanol–water partition coefficient (Wildman–Crippen LogP) is 4.27. The molecule has 0 spiro atoms. The highest BCUT2D eigenvalue weighted by atomic mass is 79.9. The summed E-state index contributed by atoms with van der Waals surface area (Å²) in [5.41, 5.74) is 4.40. The van der Waals surface area contributed by atoms with Crippen LogP contribution in [-0.2, 0) is 6.54 Å². The van der Waals surface area contributed by atoms with Crippen LogP contribution in [0.5, 0.6) is 0 Å². The lowest BCUT2D eigenvalue weighted by atomic mass is 10.1. The first-order valence-corrected chi connectivity index (χ1v) is 6.60. The third-order valence-corrected chi connectivity index (χ3v) is 4.32. The van der Waals surface area contributed by atoms with E-state index in [2.05, 4.69) is 33.2 Å². The Bertz CT molecular complexity index is 561. The SMILES string of the molecule is Cc1ccc(Cn2nc(C)c(Br)c2C)c(Cl)c1. The number of nitrogens with zero attached hydrogens (tertiary/aromatic N) is 2. The summed E-state index contributed by atoms with van der Waals surface area (Å²) in [4.78, 5) is 0. The minimum atomic E-state index is 0.706. The van der Waals surface area contributed by atoms with E-state index in [1.54, 1.807) is 0 Å². The summed E-state index contributed by atoms with van der Waals surface area (Å²) in [5.74, 6) is 0. The molecule has 0 amide bonds. The average Bonchev–Trinajstić information content (AvgIpc) is 2.50. The molecule has 0 saturated heterocycles. The predicted molar refractivity (Wildman–Crippen MR) is 74.7 cm³/mol. The maximum atomic E-state index is 6.23. The van der Waals surface area contributed by atoms with Crippen LogP contribution >= 0.6 is 27.5 Å². The van der Waals surface area contributed by atoms with Crippen LogP contribution in [-0.4, -0.2) is 9.78 Å². The number of rotatable bonds is 2. The van der Waals surface area contributed by atoms with E-state index in [1.807, 2.05) is 31.5 Å². The number of halogens is 2. The quantitative estimate of drug-likeness (QED) is 0.809. The van der Waals surface area contributed by atoms with Crippen LogP contribution in [0.25, 0.3) is 0 Å². The van der Waals surface area contributed by atoms with Crippen molar-refractivity contribution in [3.8, 4) is 0 Å². The molecule has 2 nitrogen and oxygen atoms in total. The molecule has 1 aromatic carbocycles. The van der Waals surface area contributed by atoms with Gasteiger partial charge in [0.15, 0.2) is 0 Å². The minimum Gasteiger partial charge on any atom is -0.264 e. The topological polar surface area (TPSA) is 17.8 Å². The molecular weight excluding hydrogens is 300 g/mol. The standard InChI is InChI=1S/C13H14BrClN2/c1-8-4-5-11(12(15)6-8)7-17-10(3)13(14)9(2)16-17/h4-6H,7H2,1-3H3. The molecule has 1 heterocycles. The van der Waals surface area contributed by atoms with Crippen LogP contribution < -0.4 is 0 Å². The zero-order valence-corrected chi connectivity index (χ0v) is 12.4. The van der Waals surface area contributed by atoms with E-state index in [1.165, 1.54) is 5.56 Å². The van der Waals surface area contributed by atoms with Gasteiger partial charge >= 0.3 is 0 Å². The van der Waals surface area contributed by atoms with Gasteiger partial charge in [-0.1, -0.05) is 23.7 Å². The van der Waals surface area contributed by atoms with Crippen LogP contribution in [0.4, 0.5) is 0 Å². The normalized spacial score (nSPS) is 10.9. The van der Waals surface area contributed by atoms with E-state index < -0.39 is 0 Å². The van der Waals surface area contributed by atoms with E-state index in [4.69, 9.17) is 11.6 Å². The molecule has 0 bridgehead atoms. The van der Waals surface area contributed by atoms with Gasteiger partial charge in [-0.15, -0.1) is 0 Å². The van der Waals surface area contributed by atoms with Gasteiger partial charge in [-0.05, 0) is 53.9 Å². The van der Waals surface area contributed by atoms with Crippen LogP contribution in [0.15, 0.2) is 22.7 Å². The Morgan fingerprint density at radius 2 is 2.00 bits per heavy atom. The molecule has 0 aliphatic rings. The average molecular weight is 314 g/mol. The second-order valence-corrected chi connectivity index (χ2v) is 5.44. The summed E-state index contributed by atoms with van der Waals surface area (Å²) in [6, 6.07) is 6.11. The second kappa shape index (κ2) is 4.83. The van der Waals surface area contributed by atoms with Crippen molar-refractivity contribution >= 4 is 27.5 Å². The van der Waals surface area contributed by atoms with Crippen molar-refractivity contribution in [1.82, 2.24) is 9.78 Å². The maximum absolute atomic E-state index is 6.23. The number of hydrogen-bond acceptors (Lipinski definition) is 1. The molecule has 90 valence electrons. The van der Waals surface area contributed by atoms with Crippen molar-refractivity contribution in [3.63, 3.8) is 0 Å². The Morgan fingerprint density at radius 1 is 1.29 bits per heavy atom. The molecule has 2 rings (SSSR count). The highest BCUT2D eigenvalue weighted by Crippen LogP contribution is 2.23. The fourth-order valence-electron chi connectivity index (χ4n) is 1.77. The number of aryl methyl sites for hydroxylation is 2. The molecule has 0 aliphatic heterocycles. The summed E-state index contributed by atoms with van der Waals surface area (Å²) < 4.78 is 3.04. The van der Waals surface area contributed by atoms with Gasteiger partial charge in [0.1, 0.15) is 0 Å². The monoisotopic (exact) mass is 312 g/mol. The summed E-state index contributed by atoms with van der Waals surface area (Å²) in [6.07, 6.45) is 0. The molecule has 0 N–H and O–H groups in total. The van der Waals surface area contributed by atoms with Crippen LogP contribution in [0.1, 0.15) is 22.5 Å². The van der Waals surface area contributed by atoms with Gasteiger partial charge < -0.3 is 0 Å². The third-order valence-electron chi connectivity index (χ3n) is 2.82. The third kappa shape index (κ3) is 2.55. The Labute approximate surface area is 115 Å². The van der Waals surface area contributed by atoms with Crippen molar-refractivity contribution < 1.29 is 0 Å². The molecule has 2 aromatic rings. The van der Waals surface area contributed by atoms with Gasteiger partial charge in [0.25, 0.3) is 0 Å². The van der Waals surface area contributed by atoms with Crippen LogP contribution in [0, 0.1) is 20.8 Å². The molecular formula is C13H14BrClN2. The van der Waals surface area contributed by atoms with E-state index in [-0.39, 0.29) is 0 Å². The molecule has 0 unspecified atom stereocenters. The van der Waals surface area contributed by atoms with E-state index in [0.29, 0.717) is 6.54 Å². The lowest BCUT2D eigenvalue weighted by molar-refractivity contribution is 0.658. The summed E-state index contributed by atoms with van der Waals surface area (Å²) >= 11 is 9.75. The second-order valence-electron chi connectivity index (χ2n) is 4.24. The first kappa shape index (κ1) is 12.7. The molecule has 0 saturated carbocycles. The van der Waals surface area contributed by atoms with Crippen molar-refractivity contribution in [2.75, 3.05) is 0 Å². The molecule has 0 radical (unpaired) electrons. The number of aromatic nitrogens is 2. The lowest BCUT2D eigenvalue weighted by Gasteiger charge is -2.07. The van der Waals surface area contributed by atoms with E-state index >= 15 is 0 Å². The molecule has 1 aromatic heterocycles. The smallest absolute Gasteiger partial charge is 0.0738 e. The summed E-state index contributed by atoms with van der Waals surface area (Å²) in [7, 11) is 0. The van der Waals surface area contributed by atoms with E-state index in [0.717, 1.165) is 26.4 Å². The fourth-order valence-corrected chi connectivity index (χ4v) is 2.35. The Hall–Kier alpha value is -0.800. The number of hydrogen-bond donors (Lipinski definition) is 0. The van der Waals surface area contributed by atoms with Gasteiger partial charge in [0.2, 0.25) is 0 Å². The molecule has 0 atom stereocenters. The zero-order valence-electron chi connectivity index (χ0n) is 10.1. The van der Waals surface area contributed by atoms with Crippen LogP contribution in [0.3, 0.4) is 0 Å². The van der Waals surface area contributed by atoms with Crippen molar-refractivity contribution in [2.24, 2.45) is 0 Å². The minimum absolute atomic E-state index is 0.706. The van der Waals surface area contributed by atoms with Crippen molar-refractivity contribution in [2.45, 2.75) is 27.3 Å². The largest absolute Gasteiger partial charge is 0.264 e. The molecule has 17 heavy (non-hydrogen) atoms. The summed E-state index contributed by atoms with van der Waals surface area (Å²) in [5, 5.41) is 5.28. The lowest BCUT2D eigenvalue weighted by Crippen LogP contribution is -2.04. The first-order valence-electron chi connectivity index (χ1n) is 5.43. The van der Waals surface area contributed by atoms with Crippen LogP contribution in [0.2, 0.25) is 5.02 Å². The molecule has 0 aliphatic carbocycles. The Kier molecular flexibility index (Phi) is 3.59. The molecule has 4 heteroatoms. The highest BCUT2D eigenvalue weighted by molar-refractivity contribution is 9.10. The van der Waals surface area contributed by atoms with Crippen molar-refractivity contribution in [1.29, 1.82) is 0 Å². The Morgan fingerprint density at radius 3 is 2.53 bits per heavy atom. The summed E-state index contributed by atoms with van der Waals surface area (Å²) in [6.45, 7) is 6.78. The Balaban J connectivity index is 2.34. The van der Waals surface area contributed by atoms with Gasteiger partial charge in [-0.25, -0.2) is 0 Å². The zero-order chi connectivity index (χ0) is 12.6. The fraction of sp³-hybridized carbons (Fsp3) is 0.308. The first-order chi connectivity index (χ1) is 7.99. The van der Waals surface area contributed by atoms with Gasteiger partial charge in [0, 0.05) is 5.02 Å². The van der Waals surface area contributed by atoms with Gasteiger partial charge in [0.05, 0.1) is 22.4 Å². The van der Waals surface area contributed by atoms with Gasteiger partial charge in [-0.3, -0.25) is 4.68 Å². The molecule has 0 fully saturated rings. The van der Waals surface area contributed by atoms with Gasteiger partial charge in [-0.2, -0.15) is 5.10 Å². The highest BCUT2D eigenvalue weighted by Gasteiger charge is 2.10. The maximum Gasteiger partial charge on any atom is 0.0738 e. The number of benzene rings is 1. The van der Waals surface area contributed by atoms with Crippen molar-refractivity contribution in [3.05, 3.63) is 50.2 Å².